The minimum absolute atomic E-state index is 0.136. The molecular weight excluding hydrogens is 387 g/mol. The quantitative estimate of drug-likeness (QED) is 0.715. The summed E-state index contributed by atoms with van der Waals surface area (Å²) < 4.78 is 5.51. The summed E-state index contributed by atoms with van der Waals surface area (Å²) in [5, 5.41) is 3.57. The van der Waals surface area contributed by atoms with Crippen molar-refractivity contribution in [3.63, 3.8) is 0 Å². The number of carbonyl (C=O) groups excluding carboxylic acids is 2. The van der Waals surface area contributed by atoms with Crippen molar-refractivity contribution in [2.75, 3.05) is 25.0 Å². The van der Waals surface area contributed by atoms with Gasteiger partial charge in [-0.2, -0.15) is 0 Å². The molecule has 0 heterocycles. The first-order valence-electron chi connectivity index (χ1n) is 8.63. The van der Waals surface area contributed by atoms with Crippen LogP contribution in [0.5, 0.6) is 5.75 Å². The fraction of sp³-hybridized carbons (Fsp3) is 0.300. The summed E-state index contributed by atoms with van der Waals surface area (Å²) in [7, 11) is 0. The Morgan fingerprint density at radius 1 is 1.07 bits per heavy atom. The first-order valence-corrected chi connectivity index (χ1v) is 9.39. The molecule has 0 unspecified atom stereocenters. The second kappa shape index (κ2) is 9.62. The number of ether oxygens (including phenoxy) is 1. The zero-order chi connectivity index (χ0) is 20.0. The molecule has 27 heavy (non-hydrogen) atoms. The smallest absolute Gasteiger partial charge is 0.262 e. The molecule has 0 aromatic heterocycles. The third kappa shape index (κ3) is 5.37. The topological polar surface area (TPSA) is 58.6 Å². The average molecular weight is 409 g/mol. The van der Waals surface area contributed by atoms with Crippen molar-refractivity contribution < 1.29 is 14.3 Å². The van der Waals surface area contributed by atoms with Crippen LogP contribution in [-0.4, -0.2) is 36.4 Å². The number of amides is 2. The number of carbonyl (C=O) groups is 2. The van der Waals surface area contributed by atoms with Crippen LogP contribution in [0.4, 0.5) is 5.69 Å². The Bertz CT molecular complexity index is 836. The van der Waals surface area contributed by atoms with E-state index in [1.54, 1.807) is 41.3 Å². The third-order valence-corrected chi connectivity index (χ3v) is 4.83. The summed E-state index contributed by atoms with van der Waals surface area (Å²) in [6.07, 6.45) is 0. The van der Waals surface area contributed by atoms with E-state index in [4.69, 9.17) is 27.9 Å². The third-order valence-electron chi connectivity index (χ3n) is 4.11. The van der Waals surface area contributed by atoms with Gasteiger partial charge in [-0.25, -0.2) is 0 Å². The van der Waals surface area contributed by atoms with Crippen molar-refractivity contribution in [1.29, 1.82) is 0 Å². The predicted molar refractivity (Wildman–Crippen MR) is 109 cm³/mol. The Morgan fingerprint density at radius 2 is 1.78 bits per heavy atom. The number of nitrogens with zero attached hydrogens (tertiary/aromatic N) is 1. The Hall–Kier alpha value is -2.24. The Labute approximate surface area is 169 Å². The molecule has 2 aromatic carbocycles. The van der Waals surface area contributed by atoms with Gasteiger partial charge in [0.2, 0.25) is 0 Å². The van der Waals surface area contributed by atoms with Gasteiger partial charge in [-0.15, -0.1) is 0 Å². The van der Waals surface area contributed by atoms with E-state index in [0.717, 1.165) is 5.56 Å². The van der Waals surface area contributed by atoms with Crippen LogP contribution in [0.2, 0.25) is 10.0 Å². The van der Waals surface area contributed by atoms with Gasteiger partial charge in [-0.05, 0) is 51.1 Å². The Morgan fingerprint density at radius 3 is 2.41 bits per heavy atom. The highest BCUT2D eigenvalue weighted by Crippen LogP contribution is 2.25. The molecule has 7 heteroatoms. The SMILES string of the molecule is CCN(CC)C(=O)c1ccc(NC(=O)COc2cccc(Cl)c2C)cc1Cl. The number of rotatable bonds is 7. The van der Waals surface area contributed by atoms with Gasteiger partial charge < -0.3 is 15.0 Å². The van der Waals surface area contributed by atoms with E-state index in [-0.39, 0.29) is 23.4 Å². The summed E-state index contributed by atoms with van der Waals surface area (Å²) in [5.74, 6) is 0.0757. The lowest BCUT2D eigenvalue weighted by Crippen LogP contribution is -2.30. The minimum atomic E-state index is -0.340. The molecule has 144 valence electrons. The van der Waals surface area contributed by atoms with Crippen LogP contribution in [0.15, 0.2) is 36.4 Å². The summed E-state index contributed by atoms with van der Waals surface area (Å²) in [4.78, 5) is 26.2. The molecule has 5 nitrogen and oxygen atoms in total. The zero-order valence-corrected chi connectivity index (χ0v) is 17.0. The second-order valence-corrected chi connectivity index (χ2v) is 6.69. The van der Waals surface area contributed by atoms with Gasteiger partial charge in [0, 0.05) is 29.4 Å². The van der Waals surface area contributed by atoms with Crippen LogP contribution in [-0.2, 0) is 4.79 Å². The monoisotopic (exact) mass is 408 g/mol. The first-order chi connectivity index (χ1) is 12.9. The van der Waals surface area contributed by atoms with Crippen LogP contribution in [0.3, 0.4) is 0 Å². The van der Waals surface area contributed by atoms with E-state index in [2.05, 4.69) is 5.32 Å². The van der Waals surface area contributed by atoms with Gasteiger partial charge in [-0.3, -0.25) is 9.59 Å². The van der Waals surface area contributed by atoms with E-state index >= 15 is 0 Å². The van der Waals surface area contributed by atoms with E-state index in [1.807, 2.05) is 20.8 Å². The number of anilines is 1. The molecule has 2 aromatic rings. The van der Waals surface area contributed by atoms with Crippen LogP contribution in [0.1, 0.15) is 29.8 Å². The second-order valence-electron chi connectivity index (χ2n) is 5.87. The fourth-order valence-electron chi connectivity index (χ4n) is 2.53. The lowest BCUT2D eigenvalue weighted by molar-refractivity contribution is -0.118. The highest BCUT2D eigenvalue weighted by Gasteiger charge is 2.16. The average Bonchev–Trinajstić information content (AvgIpc) is 2.64. The number of hydrogen-bond acceptors (Lipinski definition) is 3. The first kappa shape index (κ1) is 21.1. The van der Waals surface area contributed by atoms with Crippen molar-refractivity contribution >= 4 is 40.7 Å². The highest BCUT2D eigenvalue weighted by molar-refractivity contribution is 6.34. The van der Waals surface area contributed by atoms with Gasteiger partial charge in [0.05, 0.1) is 10.6 Å². The fourth-order valence-corrected chi connectivity index (χ4v) is 2.96. The van der Waals surface area contributed by atoms with E-state index in [1.165, 1.54) is 0 Å². The van der Waals surface area contributed by atoms with E-state index in [0.29, 0.717) is 35.1 Å². The standard InChI is InChI=1S/C20H22Cl2N2O3/c1-4-24(5-2)20(26)15-10-9-14(11-17(15)22)23-19(25)12-27-18-8-6-7-16(21)13(18)3/h6-11H,4-5,12H2,1-3H3,(H,23,25). The molecule has 1 N–H and O–H groups in total. The van der Waals surface area contributed by atoms with Gasteiger partial charge in [0.15, 0.2) is 6.61 Å². The minimum Gasteiger partial charge on any atom is -0.483 e. The summed E-state index contributed by atoms with van der Waals surface area (Å²) in [5.41, 5.74) is 1.67. The van der Waals surface area contributed by atoms with Crippen LogP contribution < -0.4 is 10.1 Å². The normalized spacial score (nSPS) is 10.4. The Kier molecular flexibility index (Phi) is 7.51. The van der Waals surface area contributed by atoms with Crippen LogP contribution in [0, 0.1) is 6.92 Å². The molecule has 2 rings (SSSR count). The molecule has 0 saturated carbocycles. The summed E-state index contributed by atoms with van der Waals surface area (Å²) in [6, 6.07) is 10.1. The number of nitrogens with one attached hydrogen (secondary N) is 1. The number of hydrogen-bond donors (Lipinski definition) is 1. The molecule has 0 aliphatic heterocycles. The van der Waals surface area contributed by atoms with E-state index < -0.39 is 0 Å². The van der Waals surface area contributed by atoms with Gasteiger partial charge >= 0.3 is 0 Å². The van der Waals surface area contributed by atoms with Crippen molar-refractivity contribution in [1.82, 2.24) is 4.90 Å². The number of halogens is 2. The largest absolute Gasteiger partial charge is 0.483 e. The number of benzene rings is 2. The summed E-state index contributed by atoms with van der Waals surface area (Å²) >= 11 is 12.3. The van der Waals surface area contributed by atoms with E-state index in [9.17, 15) is 9.59 Å². The molecule has 0 atom stereocenters. The Balaban J connectivity index is 2.01. The van der Waals surface area contributed by atoms with Crippen LogP contribution >= 0.6 is 23.2 Å². The molecule has 2 amide bonds. The molecule has 0 aliphatic rings. The van der Waals surface area contributed by atoms with Gasteiger partial charge in [0.1, 0.15) is 5.75 Å². The lowest BCUT2D eigenvalue weighted by atomic mass is 10.1. The molecule has 0 saturated heterocycles. The van der Waals surface area contributed by atoms with Crippen molar-refractivity contribution in [3.05, 3.63) is 57.6 Å². The maximum atomic E-state index is 12.4. The molecule has 0 bridgehead atoms. The molecule has 0 spiro atoms. The van der Waals surface area contributed by atoms with Crippen molar-refractivity contribution in [2.45, 2.75) is 20.8 Å². The molecular formula is C20H22Cl2N2O3. The zero-order valence-electron chi connectivity index (χ0n) is 15.5. The van der Waals surface area contributed by atoms with Gasteiger partial charge in [0.25, 0.3) is 11.8 Å². The highest BCUT2D eigenvalue weighted by atomic mass is 35.5. The maximum Gasteiger partial charge on any atom is 0.262 e. The van der Waals surface area contributed by atoms with Crippen molar-refractivity contribution in [2.24, 2.45) is 0 Å². The van der Waals surface area contributed by atoms with Crippen LogP contribution in [0.25, 0.3) is 0 Å². The molecule has 0 aliphatic carbocycles. The van der Waals surface area contributed by atoms with Gasteiger partial charge in [-0.1, -0.05) is 29.3 Å². The maximum absolute atomic E-state index is 12.4. The lowest BCUT2D eigenvalue weighted by Gasteiger charge is -2.19. The molecule has 0 radical (unpaired) electrons. The summed E-state index contributed by atoms with van der Waals surface area (Å²) in [6.45, 7) is 6.67. The predicted octanol–water partition coefficient (Wildman–Crippen LogP) is 4.80. The van der Waals surface area contributed by atoms with Crippen molar-refractivity contribution in [3.8, 4) is 5.75 Å². The molecule has 0 fully saturated rings.